The van der Waals surface area contributed by atoms with Crippen LogP contribution in [-0.4, -0.2) is 27.0 Å². The van der Waals surface area contributed by atoms with Gasteiger partial charge in [-0.3, -0.25) is 9.59 Å². The normalized spacial score (nSPS) is 12.1. The first kappa shape index (κ1) is 18.5. The number of aromatic nitrogens is 2. The fourth-order valence-corrected chi connectivity index (χ4v) is 3.69. The second kappa shape index (κ2) is 8.84. The lowest BCUT2D eigenvalue weighted by Gasteiger charge is -2.07. The zero-order chi connectivity index (χ0) is 17.5. The summed E-state index contributed by atoms with van der Waals surface area (Å²) in [7, 11) is 0. The summed E-state index contributed by atoms with van der Waals surface area (Å²) in [5, 5.41) is 11.9. The van der Waals surface area contributed by atoms with Crippen LogP contribution in [-0.2, 0) is 21.8 Å². The molecule has 0 aliphatic carbocycles. The van der Waals surface area contributed by atoms with Crippen molar-refractivity contribution in [2.45, 2.75) is 43.1 Å². The Bertz CT molecular complexity index is 698. The lowest BCUT2D eigenvalue weighted by atomic mass is 10.0. The number of carbonyl (C=O) groups is 2. The molecule has 1 amide bonds. The van der Waals surface area contributed by atoms with Gasteiger partial charge in [0.25, 0.3) is 0 Å². The van der Waals surface area contributed by atoms with Gasteiger partial charge in [-0.15, -0.1) is 11.8 Å². The Morgan fingerprint density at radius 2 is 2.17 bits per heavy atom. The summed E-state index contributed by atoms with van der Waals surface area (Å²) in [5.41, 5.74) is 0. The van der Waals surface area contributed by atoms with Gasteiger partial charge >= 0.3 is 5.97 Å². The van der Waals surface area contributed by atoms with Crippen LogP contribution in [0.5, 0.6) is 0 Å². The third kappa shape index (κ3) is 5.97. The molecule has 9 heteroatoms. The van der Waals surface area contributed by atoms with Gasteiger partial charge in [0.15, 0.2) is 5.13 Å². The number of aliphatic carboxylic acids is 1. The first-order valence-electron chi connectivity index (χ1n) is 7.50. The summed E-state index contributed by atoms with van der Waals surface area (Å²) in [6.45, 7) is 3.74. The highest BCUT2D eigenvalue weighted by Crippen LogP contribution is 2.30. The van der Waals surface area contributed by atoms with Gasteiger partial charge in [-0.2, -0.15) is 0 Å². The lowest BCUT2D eigenvalue weighted by molar-refractivity contribution is -0.138. The number of carboxylic acid groups (broad SMARTS) is 1. The summed E-state index contributed by atoms with van der Waals surface area (Å²) < 4.78 is 6.48. The van der Waals surface area contributed by atoms with Gasteiger partial charge in [0, 0.05) is 19.3 Å². The molecule has 7 nitrogen and oxygen atoms in total. The highest BCUT2D eigenvalue weighted by molar-refractivity contribution is 8.00. The van der Waals surface area contributed by atoms with Gasteiger partial charge < -0.3 is 14.8 Å². The van der Waals surface area contributed by atoms with Crippen LogP contribution in [0.1, 0.15) is 38.3 Å². The van der Waals surface area contributed by atoms with E-state index in [4.69, 9.17) is 9.52 Å². The second-order valence-corrected chi connectivity index (χ2v) is 7.61. The van der Waals surface area contributed by atoms with Crippen LogP contribution in [0.4, 0.5) is 5.13 Å². The van der Waals surface area contributed by atoms with Crippen molar-refractivity contribution in [2.75, 3.05) is 5.32 Å². The minimum absolute atomic E-state index is 0.0255. The molecule has 130 valence electrons. The van der Waals surface area contributed by atoms with Gasteiger partial charge in [0.2, 0.25) is 11.8 Å². The van der Waals surface area contributed by atoms with Crippen LogP contribution >= 0.6 is 23.1 Å². The molecule has 2 aromatic heterocycles. The number of thioether (sulfide) groups is 1. The molecule has 24 heavy (non-hydrogen) atoms. The summed E-state index contributed by atoms with van der Waals surface area (Å²) >= 11 is 2.91. The maximum atomic E-state index is 11.9. The molecule has 1 atom stereocenters. The third-order valence-corrected chi connectivity index (χ3v) is 5.17. The number of anilines is 1. The van der Waals surface area contributed by atoms with Crippen LogP contribution in [0.2, 0.25) is 0 Å². The predicted molar refractivity (Wildman–Crippen MR) is 92.2 cm³/mol. The van der Waals surface area contributed by atoms with E-state index < -0.39 is 5.97 Å². The quantitative estimate of drug-likeness (QED) is 0.652. The standard InChI is InChI=1S/C15H19N3O4S2/c1-3-10-6-16-12(22-10)8-23-14-7-17-15(24-14)18-11(19)4-9(2)5-13(20)21/h6-7,9H,3-5,8H2,1-2H3,(H,20,21)(H,17,18,19). The van der Waals surface area contributed by atoms with E-state index in [2.05, 4.69) is 15.3 Å². The van der Waals surface area contributed by atoms with E-state index in [0.717, 1.165) is 16.4 Å². The number of carboxylic acids is 1. The van der Waals surface area contributed by atoms with Gasteiger partial charge in [-0.1, -0.05) is 25.2 Å². The number of aryl methyl sites for hydroxylation is 1. The van der Waals surface area contributed by atoms with Crippen molar-refractivity contribution in [1.29, 1.82) is 0 Å². The molecule has 0 spiro atoms. The first-order valence-corrected chi connectivity index (χ1v) is 9.30. The molecular formula is C15H19N3O4S2. The third-order valence-electron chi connectivity index (χ3n) is 3.08. The van der Waals surface area contributed by atoms with E-state index in [0.29, 0.717) is 16.8 Å². The average Bonchev–Trinajstić information content (AvgIpc) is 3.12. The monoisotopic (exact) mass is 369 g/mol. The molecule has 0 aromatic carbocycles. The predicted octanol–water partition coefficient (Wildman–Crippen LogP) is 3.43. The zero-order valence-electron chi connectivity index (χ0n) is 13.4. The van der Waals surface area contributed by atoms with Gasteiger partial charge in [-0.25, -0.2) is 9.97 Å². The van der Waals surface area contributed by atoms with Crippen molar-refractivity contribution in [3.05, 3.63) is 24.0 Å². The molecule has 0 bridgehead atoms. The zero-order valence-corrected chi connectivity index (χ0v) is 15.1. The Hall–Kier alpha value is -1.87. The van der Waals surface area contributed by atoms with E-state index in [9.17, 15) is 9.59 Å². The van der Waals surface area contributed by atoms with Crippen molar-refractivity contribution in [3.8, 4) is 0 Å². The molecule has 0 saturated heterocycles. The van der Waals surface area contributed by atoms with E-state index in [1.54, 1.807) is 19.3 Å². The number of rotatable bonds is 9. The number of nitrogens with zero attached hydrogens (tertiary/aromatic N) is 2. The SMILES string of the molecule is CCc1cnc(CSc2cnc(NC(=O)CC(C)CC(=O)O)s2)o1. The van der Waals surface area contributed by atoms with Crippen LogP contribution in [0.15, 0.2) is 21.0 Å². The maximum absolute atomic E-state index is 11.9. The highest BCUT2D eigenvalue weighted by atomic mass is 32.2. The number of hydrogen-bond donors (Lipinski definition) is 2. The molecule has 2 rings (SSSR count). The summed E-state index contributed by atoms with van der Waals surface area (Å²) in [6.07, 6.45) is 4.36. The fourth-order valence-electron chi connectivity index (χ4n) is 1.95. The van der Waals surface area contributed by atoms with Crippen LogP contribution in [0.25, 0.3) is 0 Å². The van der Waals surface area contributed by atoms with Gasteiger partial charge in [-0.05, 0) is 5.92 Å². The summed E-state index contributed by atoms with van der Waals surface area (Å²) in [4.78, 5) is 30.8. The van der Waals surface area contributed by atoms with Crippen molar-refractivity contribution in [2.24, 2.45) is 5.92 Å². The fraction of sp³-hybridized carbons (Fsp3) is 0.467. The number of thiazole rings is 1. The molecule has 0 fully saturated rings. The van der Waals surface area contributed by atoms with E-state index in [-0.39, 0.29) is 24.7 Å². The molecule has 0 aliphatic rings. The largest absolute Gasteiger partial charge is 0.481 e. The summed E-state index contributed by atoms with van der Waals surface area (Å²) in [6, 6.07) is 0. The Labute approximate surface area is 147 Å². The number of nitrogens with one attached hydrogen (secondary N) is 1. The lowest BCUT2D eigenvalue weighted by Crippen LogP contribution is -2.16. The van der Waals surface area contributed by atoms with Gasteiger partial charge in [0.05, 0.1) is 22.4 Å². The van der Waals surface area contributed by atoms with E-state index >= 15 is 0 Å². The molecule has 2 aromatic rings. The second-order valence-electron chi connectivity index (χ2n) is 5.30. The Morgan fingerprint density at radius 1 is 1.38 bits per heavy atom. The molecule has 2 heterocycles. The van der Waals surface area contributed by atoms with Crippen molar-refractivity contribution in [1.82, 2.24) is 9.97 Å². The van der Waals surface area contributed by atoms with Crippen molar-refractivity contribution >= 4 is 40.1 Å². The Balaban J connectivity index is 1.79. The van der Waals surface area contributed by atoms with Crippen LogP contribution in [0, 0.1) is 5.92 Å². The molecule has 2 N–H and O–H groups in total. The maximum Gasteiger partial charge on any atom is 0.303 e. The van der Waals surface area contributed by atoms with Crippen molar-refractivity contribution in [3.63, 3.8) is 0 Å². The van der Waals surface area contributed by atoms with Gasteiger partial charge in [0.1, 0.15) is 5.76 Å². The number of amides is 1. The smallest absolute Gasteiger partial charge is 0.303 e. The minimum atomic E-state index is -0.902. The molecule has 1 unspecified atom stereocenters. The minimum Gasteiger partial charge on any atom is -0.481 e. The van der Waals surface area contributed by atoms with Crippen LogP contribution < -0.4 is 5.32 Å². The first-order chi connectivity index (χ1) is 11.5. The van der Waals surface area contributed by atoms with Crippen LogP contribution in [0.3, 0.4) is 0 Å². The van der Waals surface area contributed by atoms with Crippen molar-refractivity contribution < 1.29 is 19.1 Å². The summed E-state index contributed by atoms with van der Waals surface area (Å²) in [5.74, 6) is 0.785. The number of carbonyl (C=O) groups excluding carboxylic acids is 1. The highest BCUT2D eigenvalue weighted by Gasteiger charge is 2.14. The molecule has 0 aliphatic heterocycles. The van der Waals surface area contributed by atoms with E-state index in [1.807, 2.05) is 6.92 Å². The Kier molecular flexibility index (Phi) is 6.80. The number of oxazole rings is 1. The molecular weight excluding hydrogens is 350 g/mol. The molecule has 0 radical (unpaired) electrons. The number of hydrogen-bond acceptors (Lipinski definition) is 7. The van der Waals surface area contributed by atoms with E-state index in [1.165, 1.54) is 23.1 Å². The molecule has 0 saturated carbocycles. The Morgan fingerprint density at radius 3 is 2.83 bits per heavy atom. The topological polar surface area (TPSA) is 105 Å². The average molecular weight is 369 g/mol.